The summed E-state index contributed by atoms with van der Waals surface area (Å²) in [5, 5.41) is 8.32. The largest absolute Gasteiger partial charge is 0.358 e. The van der Waals surface area contributed by atoms with Crippen LogP contribution in [0.3, 0.4) is 0 Å². The SMILES string of the molecule is CCNC(=NC)NCC(=O)NC. The lowest BCUT2D eigenvalue weighted by molar-refractivity contribution is -0.119. The average molecular weight is 172 g/mol. The molecule has 0 radical (unpaired) electrons. The lowest BCUT2D eigenvalue weighted by atomic mass is 10.6. The highest BCUT2D eigenvalue weighted by Gasteiger charge is 1.98. The number of likely N-dealkylation sites (N-methyl/N-ethyl adjacent to an activating group) is 1. The Kier molecular flexibility index (Phi) is 5.77. The van der Waals surface area contributed by atoms with Gasteiger partial charge in [0.15, 0.2) is 5.96 Å². The van der Waals surface area contributed by atoms with E-state index in [9.17, 15) is 4.79 Å². The first kappa shape index (κ1) is 10.7. The highest BCUT2D eigenvalue weighted by Crippen LogP contribution is 1.67. The fourth-order valence-corrected chi connectivity index (χ4v) is 0.640. The molecule has 0 unspecified atom stereocenters. The molecule has 0 bridgehead atoms. The van der Waals surface area contributed by atoms with Crippen LogP contribution in [0.2, 0.25) is 0 Å². The minimum atomic E-state index is -0.0611. The van der Waals surface area contributed by atoms with E-state index in [0.717, 1.165) is 6.54 Å². The van der Waals surface area contributed by atoms with Gasteiger partial charge in [-0.05, 0) is 6.92 Å². The second-order valence-corrected chi connectivity index (χ2v) is 2.13. The van der Waals surface area contributed by atoms with Gasteiger partial charge in [-0.25, -0.2) is 0 Å². The van der Waals surface area contributed by atoms with Crippen LogP contribution >= 0.6 is 0 Å². The van der Waals surface area contributed by atoms with Crippen LogP contribution in [0.5, 0.6) is 0 Å². The number of nitrogens with zero attached hydrogens (tertiary/aromatic N) is 1. The van der Waals surface area contributed by atoms with Gasteiger partial charge in [0.2, 0.25) is 5.91 Å². The van der Waals surface area contributed by atoms with Gasteiger partial charge in [0.25, 0.3) is 0 Å². The van der Waals surface area contributed by atoms with Gasteiger partial charge in [0.1, 0.15) is 0 Å². The monoisotopic (exact) mass is 172 g/mol. The summed E-state index contributed by atoms with van der Waals surface area (Å²) < 4.78 is 0. The van der Waals surface area contributed by atoms with Crippen LogP contribution in [0.4, 0.5) is 0 Å². The van der Waals surface area contributed by atoms with Crippen LogP contribution in [0.1, 0.15) is 6.92 Å². The molecule has 0 aliphatic carbocycles. The highest BCUT2D eigenvalue weighted by atomic mass is 16.1. The number of nitrogens with one attached hydrogen (secondary N) is 3. The summed E-state index contributed by atoms with van der Waals surface area (Å²) in [6.45, 7) is 3.00. The molecule has 0 atom stereocenters. The Bertz CT molecular complexity index is 167. The highest BCUT2D eigenvalue weighted by molar-refractivity contribution is 5.86. The maximum absolute atomic E-state index is 10.8. The van der Waals surface area contributed by atoms with Crippen molar-refractivity contribution >= 4 is 11.9 Å². The fraction of sp³-hybridized carbons (Fsp3) is 0.714. The lowest BCUT2D eigenvalue weighted by Gasteiger charge is -2.08. The molecule has 1 amide bonds. The molecule has 0 heterocycles. The molecule has 0 saturated heterocycles. The number of carbonyl (C=O) groups is 1. The molecule has 70 valence electrons. The van der Waals surface area contributed by atoms with Crippen molar-refractivity contribution in [2.45, 2.75) is 6.92 Å². The standard InChI is InChI=1S/C7H16N4O/c1-4-10-7(9-3)11-5-6(12)8-2/h4-5H2,1-3H3,(H,8,12)(H2,9,10,11). The van der Waals surface area contributed by atoms with Gasteiger partial charge in [-0.1, -0.05) is 0 Å². The minimum absolute atomic E-state index is 0.0611. The van der Waals surface area contributed by atoms with Crippen molar-refractivity contribution in [3.63, 3.8) is 0 Å². The van der Waals surface area contributed by atoms with Crippen molar-refractivity contribution in [2.24, 2.45) is 4.99 Å². The normalized spacial score (nSPS) is 10.8. The van der Waals surface area contributed by atoms with Gasteiger partial charge in [-0.2, -0.15) is 0 Å². The van der Waals surface area contributed by atoms with Gasteiger partial charge >= 0.3 is 0 Å². The number of carbonyl (C=O) groups excluding carboxylic acids is 1. The van der Waals surface area contributed by atoms with E-state index < -0.39 is 0 Å². The van der Waals surface area contributed by atoms with Crippen molar-refractivity contribution in [2.75, 3.05) is 27.2 Å². The molecule has 12 heavy (non-hydrogen) atoms. The number of guanidine groups is 1. The zero-order valence-corrected chi connectivity index (χ0v) is 7.77. The van der Waals surface area contributed by atoms with Gasteiger partial charge < -0.3 is 16.0 Å². The van der Waals surface area contributed by atoms with Crippen LogP contribution in [0, 0.1) is 0 Å². The van der Waals surface area contributed by atoms with Crippen LogP contribution in [-0.4, -0.2) is 39.1 Å². The molecular weight excluding hydrogens is 156 g/mol. The van der Waals surface area contributed by atoms with E-state index in [-0.39, 0.29) is 12.5 Å². The molecule has 0 aromatic heterocycles. The first-order chi connectivity index (χ1) is 5.74. The van der Waals surface area contributed by atoms with Crippen molar-refractivity contribution in [1.82, 2.24) is 16.0 Å². The molecule has 0 aromatic rings. The van der Waals surface area contributed by atoms with E-state index in [4.69, 9.17) is 0 Å². The Balaban J connectivity index is 3.66. The topological polar surface area (TPSA) is 65.5 Å². The van der Waals surface area contributed by atoms with E-state index in [1.54, 1.807) is 14.1 Å². The van der Waals surface area contributed by atoms with Gasteiger partial charge in [-0.15, -0.1) is 0 Å². The van der Waals surface area contributed by atoms with Crippen molar-refractivity contribution < 1.29 is 4.79 Å². The second-order valence-electron chi connectivity index (χ2n) is 2.13. The third-order valence-electron chi connectivity index (χ3n) is 1.26. The Morgan fingerprint density at radius 3 is 2.50 bits per heavy atom. The van der Waals surface area contributed by atoms with Crippen molar-refractivity contribution in [3.05, 3.63) is 0 Å². The van der Waals surface area contributed by atoms with E-state index in [0.29, 0.717) is 5.96 Å². The number of amides is 1. The summed E-state index contributed by atoms with van der Waals surface area (Å²) in [5.41, 5.74) is 0. The second kappa shape index (κ2) is 6.45. The van der Waals surface area contributed by atoms with E-state index in [1.165, 1.54) is 0 Å². The zero-order valence-electron chi connectivity index (χ0n) is 7.77. The van der Waals surface area contributed by atoms with Gasteiger partial charge in [0.05, 0.1) is 6.54 Å². The van der Waals surface area contributed by atoms with Crippen LogP contribution < -0.4 is 16.0 Å². The summed E-state index contributed by atoms with van der Waals surface area (Å²) in [6, 6.07) is 0. The fourth-order valence-electron chi connectivity index (χ4n) is 0.640. The van der Waals surface area contributed by atoms with E-state index >= 15 is 0 Å². The minimum Gasteiger partial charge on any atom is -0.358 e. The number of hydrogen-bond acceptors (Lipinski definition) is 2. The molecule has 0 rings (SSSR count). The Labute approximate surface area is 72.6 Å². The Morgan fingerprint density at radius 2 is 2.08 bits per heavy atom. The van der Waals surface area contributed by atoms with Gasteiger partial charge in [-0.3, -0.25) is 9.79 Å². The summed E-state index contributed by atoms with van der Waals surface area (Å²) in [4.78, 5) is 14.7. The maximum atomic E-state index is 10.8. The molecule has 3 N–H and O–H groups in total. The summed E-state index contributed by atoms with van der Waals surface area (Å²) in [6.07, 6.45) is 0. The molecule has 0 aromatic carbocycles. The zero-order chi connectivity index (χ0) is 9.40. The third kappa shape index (κ3) is 4.54. The lowest BCUT2D eigenvalue weighted by Crippen LogP contribution is -2.42. The smallest absolute Gasteiger partial charge is 0.239 e. The number of aliphatic imine (C=N–C) groups is 1. The molecule has 0 spiro atoms. The predicted molar refractivity (Wildman–Crippen MR) is 49.1 cm³/mol. The summed E-state index contributed by atoms with van der Waals surface area (Å²) >= 11 is 0. The molecule has 0 fully saturated rings. The molecule has 0 saturated carbocycles. The van der Waals surface area contributed by atoms with Crippen LogP contribution in [-0.2, 0) is 4.79 Å². The molecular formula is C7H16N4O. The van der Waals surface area contributed by atoms with E-state index in [1.807, 2.05) is 6.92 Å². The molecule has 0 aliphatic heterocycles. The average Bonchev–Trinajstić information content (AvgIpc) is 2.11. The van der Waals surface area contributed by atoms with Crippen molar-refractivity contribution in [1.29, 1.82) is 0 Å². The van der Waals surface area contributed by atoms with Gasteiger partial charge in [0, 0.05) is 20.6 Å². The molecule has 5 nitrogen and oxygen atoms in total. The van der Waals surface area contributed by atoms with Crippen LogP contribution in [0.25, 0.3) is 0 Å². The van der Waals surface area contributed by atoms with E-state index in [2.05, 4.69) is 20.9 Å². The number of hydrogen-bond donors (Lipinski definition) is 3. The third-order valence-corrected chi connectivity index (χ3v) is 1.26. The Morgan fingerprint density at radius 1 is 1.42 bits per heavy atom. The first-order valence-corrected chi connectivity index (χ1v) is 3.89. The van der Waals surface area contributed by atoms with Crippen LogP contribution in [0.15, 0.2) is 4.99 Å². The molecule has 0 aliphatic rings. The Hall–Kier alpha value is -1.26. The number of rotatable bonds is 3. The predicted octanol–water partition coefficient (Wildman–Crippen LogP) is -1.08. The van der Waals surface area contributed by atoms with Crippen molar-refractivity contribution in [3.8, 4) is 0 Å². The summed E-state index contributed by atoms with van der Waals surface area (Å²) in [7, 11) is 3.26. The maximum Gasteiger partial charge on any atom is 0.239 e. The first-order valence-electron chi connectivity index (χ1n) is 3.89. The summed E-state index contributed by atoms with van der Waals surface area (Å²) in [5.74, 6) is 0.579. The quantitative estimate of drug-likeness (QED) is 0.374. The molecule has 5 heteroatoms.